The fourth-order valence-electron chi connectivity index (χ4n) is 0.981. The maximum Gasteiger partial charge on any atom is 0.143 e. The van der Waals surface area contributed by atoms with Crippen LogP contribution >= 0.6 is 0 Å². The second kappa shape index (κ2) is 3.48. The molecule has 62 valence electrons. The predicted molar refractivity (Wildman–Crippen MR) is 43.2 cm³/mol. The summed E-state index contributed by atoms with van der Waals surface area (Å²) < 4.78 is 1.89. The Bertz CT molecular complexity index is 218. The average molecular weight is 154 g/mol. The van der Waals surface area contributed by atoms with Crippen molar-refractivity contribution in [2.45, 2.75) is 26.4 Å². The van der Waals surface area contributed by atoms with Crippen LogP contribution < -0.4 is 5.32 Å². The Kier molecular flexibility index (Phi) is 2.59. The van der Waals surface area contributed by atoms with Crippen LogP contribution in [-0.4, -0.2) is 21.8 Å². The van der Waals surface area contributed by atoms with Gasteiger partial charge in [-0.2, -0.15) is 5.10 Å². The Morgan fingerprint density at radius 2 is 2.45 bits per heavy atom. The highest BCUT2D eigenvalue weighted by Crippen LogP contribution is 2.06. The van der Waals surface area contributed by atoms with Crippen molar-refractivity contribution in [3.8, 4) is 0 Å². The highest BCUT2D eigenvalue weighted by atomic mass is 15.3. The van der Waals surface area contributed by atoms with Crippen LogP contribution in [0.1, 0.15) is 25.7 Å². The summed E-state index contributed by atoms with van der Waals surface area (Å²) in [6.45, 7) is 5.00. The molecule has 4 heteroatoms. The van der Waals surface area contributed by atoms with Crippen LogP contribution in [-0.2, 0) is 6.54 Å². The number of nitrogens with zero attached hydrogens (tertiary/aromatic N) is 3. The SMILES string of the molecule is CCn1ncnc1C(C)NC. The van der Waals surface area contributed by atoms with Gasteiger partial charge in [0.1, 0.15) is 12.2 Å². The molecule has 0 aliphatic rings. The lowest BCUT2D eigenvalue weighted by atomic mass is 10.3. The highest BCUT2D eigenvalue weighted by molar-refractivity contribution is 4.91. The Hall–Kier alpha value is -0.900. The number of aryl methyl sites for hydroxylation is 1. The predicted octanol–water partition coefficient (Wildman–Crippen LogP) is 0.578. The summed E-state index contributed by atoms with van der Waals surface area (Å²) in [5.41, 5.74) is 0. The third-order valence-corrected chi connectivity index (χ3v) is 1.77. The summed E-state index contributed by atoms with van der Waals surface area (Å²) in [6, 6.07) is 0.275. The van der Waals surface area contributed by atoms with E-state index < -0.39 is 0 Å². The normalized spacial score (nSPS) is 13.4. The number of nitrogens with one attached hydrogen (secondary N) is 1. The van der Waals surface area contributed by atoms with Crippen LogP contribution in [0.4, 0.5) is 0 Å². The van der Waals surface area contributed by atoms with Crippen molar-refractivity contribution in [2.75, 3.05) is 7.05 Å². The number of hydrogen-bond donors (Lipinski definition) is 1. The van der Waals surface area contributed by atoms with Crippen LogP contribution in [0.15, 0.2) is 6.33 Å². The Balaban J connectivity index is 2.83. The molecule has 1 rings (SSSR count). The van der Waals surface area contributed by atoms with E-state index in [9.17, 15) is 0 Å². The average Bonchev–Trinajstić information content (AvgIpc) is 2.50. The van der Waals surface area contributed by atoms with Gasteiger partial charge < -0.3 is 5.32 Å². The lowest BCUT2D eigenvalue weighted by molar-refractivity contribution is 0.532. The minimum Gasteiger partial charge on any atom is -0.311 e. The van der Waals surface area contributed by atoms with Crippen LogP contribution in [0.5, 0.6) is 0 Å². The zero-order valence-electron chi connectivity index (χ0n) is 7.20. The molecule has 11 heavy (non-hydrogen) atoms. The molecule has 0 amide bonds. The fourth-order valence-corrected chi connectivity index (χ4v) is 0.981. The van der Waals surface area contributed by atoms with Crippen molar-refractivity contribution in [1.82, 2.24) is 20.1 Å². The Labute approximate surface area is 66.6 Å². The van der Waals surface area contributed by atoms with Crippen molar-refractivity contribution >= 4 is 0 Å². The van der Waals surface area contributed by atoms with Crippen molar-refractivity contribution in [3.63, 3.8) is 0 Å². The lowest BCUT2D eigenvalue weighted by Crippen LogP contribution is -2.18. The van der Waals surface area contributed by atoms with Gasteiger partial charge in [-0.3, -0.25) is 0 Å². The summed E-state index contributed by atoms with van der Waals surface area (Å²) in [6.07, 6.45) is 1.59. The van der Waals surface area contributed by atoms with Crippen LogP contribution in [0.3, 0.4) is 0 Å². The van der Waals surface area contributed by atoms with E-state index in [-0.39, 0.29) is 6.04 Å². The highest BCUT2D eigenvalue weighted by Gasteiger charge is 2.08. The van der Waals surface area contributed by atoms with Crippen LogP contribution in [0, 0.1) is 0 Å². The van der Waals surface area contributed by atoms with Gasteiger partial charge in [-0.25, -0.2) is 9.67 Å². The second-order valence-electron chi connectivity index (χ2n) is 2.44. The summed E-state index contributed by atoms with van der Waals surface area (Å²) in [4.78, 5) is 4.15. The molecule has 0 spiro atoms. The van der Waals surface area contributed by atoms with Crippen LogP contribution in [0.25, 0.3) is 0 Å². The summed E-state index contributed by atoms with van der Waals surface area (Å²) in [7, 11) is 1.92. The van der Waals surface area contributed by atoms with Crippen molar-refractivity contribution < 1.29 is 0 Å². The molecule has 0 radical (unpaired) electrons. The van der Waals surface area contributed by atoms with Gasteiger partial charge in [-0.15, -0.1) is 0 Å². The van der Waals surface area contributed by atoms with Gasteiger partial charge in [0.05, 0.1) is 6.04 Å². The molecule has 1 atom stereocenters. The van der Waals surface area contributed by atoms with Gasteiger partial charge in [0.25, 0.3) is 0 Å². The van der Waals surface area contributed by atoms with E-state index in [2.05, 4.69) is 29.2 Å². The second-order valence-corrected chi connectivity index (χ2v) is 2.44. The van der Waals surface area contributed by atoms with Crippen molar-refractivity contribution in [1.29, 1.82) is 0 Å². The summed E-state index contributed by atoms with van der Waals surface area (Å²) in [5, 5.41) is 7.19. The van der Waals surface area contributed by atoms with Crippen molar-refractivity contribution in [3.05, 3.63) is 12.2 Å². The minimum atomic E-state index is 0.275. The van der Waals surface area contributed by atoms with E-state index in [4.69, 9.17) is 0 Å². The number of hydrogen-bond acceptors (Lipinski definition) is 3. The molecule has 0 bridgehead atoms. The quantitative estimate of drug-likeness (QED) is 0.692. The third-order valence-electron chi connectivity index (χ3n) is 1.77. The molecule has 1 unspecified atom stereocenters. The molecule has 1 aromatic rings. The first-order valence-electron chi connectivity index (χ1n) is 3.84. The topological polar surface area (TPSA) is 42.7 Å². The van der Waals surface area contributed by atoms with Gasteiger partial charge in [0, 0.05) is 6.54 Å². The zero-order chi connectivity index (χ0) is 8.27. The monoisotopic (exact) mass is 154 g/mol. The molecule has 0 aromatic carbocycles. The smallest absolute Gasteiger partial charge is 0.143 e. The van der Waals surface area contributed by atoms with E-state index in [1.54, 1.807) is 6.33 Å². The van der Waals surface area contributed by atoms with E-state index in [0.29, 0.717) is 0 Å². The van der Waals surface area contributed by atoms with E-state index in [1.165, 1.54) is 0 Å². The Morgan fingerprint density at radius 3 is 3.00 bits per heavy atom. The first-order valence-corrected chi connectivity index (χ1v) is 3.84. The molecule has 0 aliphatic carbocycles. The minimum absolute atomic E-state index is 0.275. The van der Waals surface area contributed by atoms with Crippen LogP contribution in [0.2, 0.25) is 0 Å². The Morgan fingerprint density at radius 1 is 1.73 bits per heavy atom. The third kappa shape index (κ3) is 1.57. The van der Waals surface area contributed by atoms with E-state index in [1.807, 2.05) is 11.7 Å². The van der Waals surface area contributed by atoms with Gasteiger partial charge in [0.2, 0.25) is 0 Å². The molecule has 0 saturated heterocycles. The molecule has 1 heterocycles. The molecular weight excluding hydrogens is 140 g/mol. The molecule has 4 nitrogen and oxygen atoms in total. The molecule has 0 saturated carbocycles. The maximum absolute atomic E-state index is 4.15. The fraction of sp³-hybridized carbons (Fsp3) is 0.714. The maximum atomic E-state index is 4.15. The van der Waals surface area contributed by atoms with E-state index >= 15 is 0 Å². The molecular formula is C7H14N4. The first kappa shape index (κ1) is 8.20. The molecule has 1 aromatic heterocycles. The lowest BCUT2D eigenvalue weighted by Gasteiger charge is -2.09. The number of aromatic nitrogens is 3. The van der Waals surface area contributed by atoms with Gasteiger partial charge >= 0.3 is 0 Å². The molecule has 0 fully saturated rings. The zero-order valence-corrected chi connectivity index (χ0v) is 7.20. The standard InChI is InChI=1S/C7H14N4/c1-4-11-7(6(2)8-3)9-5-10-11/h5-6,8H,4H2,1-3H3. The van der Waals surface area contributed by atoms with Crippen molar-refractivity contribution in [2.24, 2.45) is 0 Å². The van der Waals surface area contributed by atoms with Gasteiger partial charge in [-0.1, -0.05) is 0 Å². The van der Waals surface area contributed by atoms with E-state index in [0.717, 1.165) is 12.4 Å². The van der Waals surface area contributed by atoms with Gasteiger partial charge in [0.15, 0.2) is 0 Å². The summed E-state index contributed by atoms with van der Waals surface area (Å²) >= 11 is 0. The summed E-state index contributed by atoms with van der Waals surface area (Å²) in [5.74, 6) is 0.995. The molecule has 0 aliphatic heterocycles. The first-order chi connectivity index (χ1) is 5.29. The number of rotatable bonds is 3. The molecule has 1 N–H and O–H groups in total. The van der Waals surface area contributed by atoms with Gasteiger partial charge in [-0.05, 0) is 20.9 Å². The largest absolute Gasteiger partial charge is 0.311 e.